The van der Waals surface area contributed by atoms with Crippen LogP contribution in [-0.4, -0.2) is 37.2 Å². The maximum atomic E-state index is 12.7. The molecule has 0 spiro atoms. The lowest BCUT2D eigenvalue weighted by molar-refractivity contribution is -0.166. The number of nitrogens with one attached hydrogen (secondary N) is 1. The number of hydrogen-bond donors (Lipinski definition) is 2. The number of halogens is 6. The normalized spacial score (nSPS) is 20.2. The Morgan fingerprint density at radius 1 is 1.14 bits per heavy atom. The van der Waals surface area contributed by atoms with Gasteiger partial charge >= 0.3 is 12.4 Å². The van der Waals surface area contributed by atoms with Crippen LogP contribution in [0.15, 0.2) is 23.3 Å². The molecule has 0 amide bonds. The second-order valence-corrected chi connectivity index (χ2v) is 4.84. The molecule has 2 nitrogen and oxygen atoms in total. The molecule has 0 radical (unpaired) electrons. The molecule has 122 valence electrons. The van der Waals surface area contributed by atoms with Crippen molar-refractivity contribution in [2.45, 2.75) is 31.6 Å². The summed E-state index contributed by atoms with van der Waals surface area (Å²) in [6.45, 7) is 0.689. The molecular weight excluding hydrogens is 300 g/mol. The Labute approximate surface area is 118 Å². The van der Waals surface area contributed by atoms with E-state index in [0.717, 1.165) is 12.2 Å². The first-order valence-corrected chi connectivity index (χ1v) is 6.51. The molecule has 2 N–H and O–H groups in total. The van der Waals surface area contributed by atoms with Crippen molar-refractivity contribution in [2.24, 2.45) is 5.92 Å². The summed E-state index contributed by atoms with van der Waals surface area (Å²) in [5.74, 6) is -2.08. The largest absolute Gasteiger partial charge is 0.412 e. The third-order valence-corrected chi connectivity index (χ3v) is 3.11. The molecule has 0 aliphatic heterocycles. The summed E-state index contributed by atoms with van der Waals surface area (Å²) >= 11 is 0. The molecule has 1 atom stereocenters. The zero-order valence-electron chi connectivity index (χ0n) is 11.2. The monoisotopic (exact) mass is 317 g/mol. The minimum absolute atomic E-state index is 0.0571. The molecule has 1 rings (SSSR count). The Kier molecular flexibility index (Phi) is 6.27. The highest BCUT2D eigenvalue weighted by atomic mass is 19.4. The first-order valence-electron chi connectivity index (χ1n) is 6.51. The Balaban J connectivity index is 2.72. The summed E-state index contributed by atoms with van der Waals surface area (Å²) in [7, 11) is 0. The van der Waals surface area contributed by atoms with Gasteiger partial charge in [0.05, 0.1) is 12.5 Å². The van der Waals surface area contributed by atoms with Gasteiger partial charge in [-0.25, -0.2) is 0 Å². The van der Waals surface area contributed by atoms with E-state index in [2.05, 4.69) is 5.32 Å². The van der Waals surface area contributed by atoms with E-state index >= 15 is 0 Å². The molecule has 21 heavy (non-hydrogen) atoms. The van der Waals surface area contributed by atoms with Crippen LogP contribution in [0.1, 0.15) is 19.3 Å². The van der Waals surface area contributed by atoms with Crippen molar-refractivity contribution in [3.8, 4) is 0 Å². The van der Waals surface area contributed by atoms with Crippen LogP contribution in [0.5, 0.6) is 0 Å². The lowest BCUT2D eigenvalue weighted by Crippen LogP contribution is -2.27. The van der Waals surface area contributed by atoms with Crippen LogP contribution in [0.2, 0.25) is 0 Å². The van der Waals surface area contributed by atoms with Gasteiger partial charge in [0.1, 0.15) is 0 Å². The van der Waals surface area contributed by atoms with Gasteiger partial charge in [0.15, 0.2) is 0 Å². The van der Waals surface area contributed by atoms with Gasteiger partial charge in [-0.3, -0.25) is 0 Å². The summed E-state index contributed by atoms with van der Waals surface area (Å²) in [6, 6.07) is 0. The van der Waals surface area contributed by atoms with Crippen molar-refractivity contribution in [1.82, 2.24) is 5.32 Å². The third-order valence-electron chi connectivity index (χ3n) is 3.11. The number of rotatable bonds is 6. The fourth-order valence-corrected chi connectivity index (χ4v) is 2.07. The number of hydrogen-bond acceptors (Lipinski definition) is 2. The SMILES string of the molecule is OCCNCCCC1=CC(C(F)(F)F)CC(C(F)(F)F)=C1. The fourth-order valence-electron chi connectivity index (χ4n) is 2.07. The molecule has 8 heteroatoms. The van der Waals surface area contributed by atoms with Crippen LogP contribution in [0.4, 0.5) is 26.3 Å². The quantitative estimate of drug-likeness (QED) is 0.582. The van der Waals surface area contributed by atoms with E-state index in [1.54, 1.807) is 0 Å². The summed E-state index contributed by atoms with van der Waals surface area (Å²) < 4.78 is 76.0. The first-order chi connectivity index (χ1) is 9.64. The predicted molar refractivity (Wildman–Crippen MR) is 65.6 cm³/mol. The minimum atomic E-state index is -4.74. The minimum Gasteiger partial charge on any atom is -0.395 e. The van der Waals surface area contributed by atoms with Crippen molar-refractivity contribution in [2.75, 3.05) is 19.7 Å². The molecular formula is C13H17F6NO. The zero-order chi connectivity index (χ0) is 16.1. The molecule has 0 fully saturated rings. The van der Waals surface area contributed by atoms with E-state index in [-0.39, 0.29) is 18.6 Å². The Bertz CT molecular complexity index is 396. The summed E-state index contributed by atoms with van der Waals surface area (Å²) in [6.07, 6.45) is -8.25. The maximum Gasteiger partial charge on any atom is 0.412 e. The van der Waals surface area contributed by atoms with Gasteiger partial charge in [0.2, 0.25) is 0 Å². The van der Waals surface area contributed by atoms with E-state index in [1.165, 1.54) is 0 Å². The molecule has 0 bridgehead atoms. The van der Waals surface area contributed by atoms with Crippen molar-refractivity contribution >= 4 is 0 Å². The van der Waals surface area contributed by atoms with Crippen molar-refractivity contribution in [1.29, 1.82) is 0 Å². The lowest BCUT2D eigenvalue weighted by atomic mass is 9.88. The number of aliphatic hydroxyl groups is 1. The van der Waals surface area contributed by atoms with Crippen LogP contribution in [0.3, 0.4) is 0 Å². The Morgan fingerprint density at radius 3 is 2.33 bits per heavy atom. The predicted octanol–water partition coefficient (Wildman–Crippen LogP) is 3.35. The van der Waals surface area contributed by atoms with Gasteiger partial charge in [-0.1, -0.05) is 17.7 Å². The van der Waals surface area contributed by atoms with E-state index in [4.69, 9.17) is 5.11 Å². The molecule has 1 aliphatic rings. The number of allylic oxidation sites excluding steroid dienone is 4. The molecule has 0 aromatic heterocycles. The average Bonchev–Trinajstić information content (AvgIpc) is 2.36. The van der Waals surface area contributed by atoms with E-state index in [9.17, 15) is 26.3 Å². The smallest absolute Gasteiger partial charge is 0.395 e. The van der Waals surface area contributed by atoms with E-state index in [0.29, 0.717) is 19.5 Å². The van der Waals surface area contributed by atoms with Gasteiger partial charge in [-0.05, 0) is 25.8 Å². The maximum absolute atomic E-state index is 12.7. The molecule has 0 aromatic carbocycles. The molecule has 1 unspecified atom stereocenters. The highest BCUT2D eigenvalue weighted by Gasteiger charge is 2.45. The number of alkyl halides is 6. The van der Waals surface area contributed by atoms with Gasteiger partial charge < -0.3 is 10.4 Å². The average molecular weight is 317 g/mol. The van der Waals surface area contributed by atoms with Crippen LogP contribution >= 0.6 is 0 Å². The Hall–Kier alpha value is -1.02. The fraction of sp³-hybridized carbons (Fsp3) is 0.692. The highest BCUT2D eigenvalue weighted by molar-refractivity contribution is 5.32. The lowest BCUT2D eigenvalue weighted by Gasteiger charge is -2.25. The Morgan fingerprint density at radius 2 is 1.81 bits per heavy atom. The second-order valence-electron chi connectivity index (χ2n) is 4.84. The summed E-state index contributed by atoms with van der Waals surface area (Å²) in [5, 5.41) is 11.3. The summed E-state index contributed by atoms with van der Waals surface area (Å²) in [5.41, 5.74) is -1.08. The van der Waals surface area contributed by atoms with Crippen molar-refractivity contribution in [3.63, 3.8) is 0 Å². The topological polar surface area (TPSA) is 32.3 Å². The highest BCUT2D eigenvalue weighted by Crippen LogP contribution is 2.42. The van der Waals surface area contributed by atoms with Crippen LogP contribution < -0.4 is 5.32 Å². The van der Waals surface area contributed by atoms with Crippen molar-refractivity contribution < 1.29 is 31.4 Å². The number of aliphatic hydroxyl groups excluding tert-OH is 1. The van der Waals surface area contributed by atoms with E-state index in [1.807, 2.05) is 0 Å². The molecule has 0 saturated carbocycles. The molecule has 0 saturated heterocycles. The third kappa shape index (κ3) is 6.09. The van der Waals surface area contributed by atoms with Crippen LogP contribution in [0, 0.1) is 5.92 Å². The van der Waals surface area contributed by atoms with Crippen LogP contribution in [-0.2, 0) is 0 Å². The first kappa shape index (κ1) is 18.0. The van der Waals surface area contributed by atoms with Crippen molar-refractivity contribution in [3.05, 3.63) is 23.3 Å². The zero-order valence-corrected chi connectivity index (χ0v) is 11.2. The summed E-state index contributed by atoms with van der Waals surface area (Å²) in [4.78, 5) is 0. The molecule has 0 heterocycles. The molecule has 0 aromatic rings. The molecule has 1 aliphatic carbocycles. The van der Waals surface area contributed by atoms with Crippen LogP contribution in [0.25, 0.3) is 0 Å². The van der Waals surface area contributed by atoms with Gasteiger partial charge in [-0.15, -0.1) is 0 Å². The standard InChI is InChI=1S/C13H17F6NO/c14-12(15,16)10-6-9(2-1-3-20-4-5-21)7-11(8-10)13(17,18)19/h6-7,10,20-21H,1-5,8H2. The second kappa shape index (κ2) is 7.31. The van der Waals surface area contributed by atoms with Gasteiger partial charge in [-0.2, -0.15) is 26.3 Å². The van der Waals surface area contributed by atoms with Gasteiger partial charge in [0, 0.05) is 12.1 Å². The van der Waals surface area contributed by atoms with E-state index < -0.39 is 30.3 Å². The van der Waals surface area contributed by atoms with Gasteiger partial charge in [0.25, 0.3) is 0 Å².